The number of pyridine rings is 1. The minimum absolute atomic E-state index is 0.0294. The van der Waals surface area contributed by atoms with Crippen LogP contribution in [0.4, 0.5) is 0 Å². The van der Waals surface area contributed by atoms with Crippen LogP contribution in [0, 0.1) is 5.41 Å². The zero-order valence-electron chi connectivity index (χ0n) is 18.7. The van der Waals surface area contributed by atoms with Gasteiger partial charge in [-0.2, -0.15) is 0 Å². The van der Waals surface area contributed by atoms with Gasteiger partial charge in [-0.05, 0) is 48.1 Å². The normalized spacial score (nSPS) is 17.9. The Kier molecular flexibility index (Phi) is 6.98. The van der Waals surface area contributed by atoms with Crippen LogP contribution in [-0.4, -0.2) is 41.3 Å². The van der Waals surface area contributed by atoms with E-state index in [-0.39, 0.29) is 11.8 Å². The number of aromatic nitrogens is 1. The fourth-order valence-electron chi connectivity index (χ4n) is 4.58. The fraction of sp³-hybridized carbons (Fsp3) is 0.250. The van der Waals surface area contributed by atoms with Gasteiger partial charge in [-0.25, -0.2) is 0 Å². The number of hydrogen-bond acceptors (Lipinski definition) is 3. The van der Waals surface area contributed by atoms with E-state index in [9.17, 15) is 9.59 Å². The van der Waals surface area contributed by atoms with Crippen molar-refractivity contribution in [2.75, 3.05) is 19.6 Å². The summed E-state index contributed by atoms with van der Waals surface area (Å²) in [5, 5.41) is 2.99. The van der Waals surface area contributed by atoms with Gasteiger partial charge < -0.3 is 10.2 Å². The number of nitrogens with one attached hydrogen (secondary N) is 1. The second kappa shape index (κ2) is 10.3. The van der Waals surface area contributed by atoms with E-state index in [1.165, 1.54) is 0 Å². The summed E-state index contributed by atoms with van der Waals surface area (Å²) in [6.45, 7) is 5.14. The second-order valence-corrected chi connectivity index (χ2v) is 8.59. The summed E-state index contributed by atoms with van der Waals surface area (Å²) in [4.78, 5) is 32.4. The van der Waals surface area contributed by atoms with Crippen molar-refractivity contribution in [2.45, 2.75) is 19.3 Å². The minimum Gasteiger partial charge on any atom is -0.352 e. The molecule has 2 aromatic carbocycles. The Labute approximate surface area is 195 Å². The van der Waals surface area contributed by atoms with Gasteiger partial charge in [0, 0.05) is 32.0 Å². The van der Waals surface area contributed by atoms with Crippen LogP contribution in [0.5, 0.6) is 0 Å². The molecule has 33 heavy (non-hydrogen) atoms. The van der Waals surface area contributed by atoms with Crippen LogP contribution in [0.25, 0.3) is 11.1 Å². The Hall–Kier alpha value is -3.73. The number of nitrogens with zero attached hydrogens (tertiary/aromatic N) is 2. The minimum atomic E-state index is -0.687. The van der Waals surface area contributed by atoms with Crippen LogP contribution in [0.2, 0.25) is 0 Å². The zero-order chi connectivity index (χ0) is 23.1. The summed E-state index contributed by atoms with van der Waals surface area (Å²) in [5.74, 6) is -0.110. The number of piperidine rings is 1. The van der Waals surface area contributed by atoms with Crippen LogP contribution in [0.15, 0.2) is 91.8 Å². The largest absolute Gasteiger partial charge is 0.352 e. The molecule has 0 bridgehead atoms. The summed E-state index contributed by atoms with van der Waals surface area (Å²) in [7, 11) is 0. The fourth-order valence-corrected chi connectivity index (χ4v) is 4.58. The summed E-state index contributed by atoms with van der Waals surface area (Å²) >= 11 is 0. The molecule has 2 amide bonds. The molecule has 1 N–H and O–H groups in total. The number of likely N-dealkylation sites (tertiary alicyclic amines) is 1. The molecule has 5 heteroatoms. The molecule has 1 aliphatic heterocycles. The monoisotopic (exact) mass is 439 g/mol. The number of amides is 2. The Morgan fingerprint density at radius 1 is 1.03 bits per heavy atom. The lowest BCUT2D eigenvalue weighted by Gasteiger charge is -2.42. The molecule has 5 nitrogen and oxygen atoms in total. The van der Waals surface area contributed by atoms with Crippen molar-refractivity contribution in [1.82, 2.24) is 15.2 Å². The summed E-state index contributed by atoms with van der Waals surface area (Å²) in [5.41, 5.74) is 3.24. The molecule has 0 spiro atoms. The Morgan fingerprint density at radius 3 is 2.48 bits per heavy atom. The molecule has 3 aromatic rings. The van der Waals surface area contributed by atoms with Gasteiger partial charge in [0.05, 0.1) is 11.0 Å². The highest BCUT2D eigenvalue weighted by atomic mass is 16.2. The molecule has 1 aromatic heterocycles. The maximum absolute atomic E-state index is 13.4. The van der Waals surface area contributed by atoms with E-state index in [4.69, 9.17) is 0 Å². The van der Waals surface area contributed by atoms with E-state index >= 15 is 0 Å². The molecule has 0 unspecified atom stereocenters. The molecular weight excluding hydrogens is 410 g/mol. The van der Waals surface area contributed by atoms with Gasteiger partial charge in [-0.15, -0.1) is 6.58 Å². The predicted molar refractivity (Wildman–Crippen MR) is 131 cm³/mol. The first kappa shape index (κ1) is 22.5. The first-order chi connectivity index (χ1) is 16.1. The van der Waals surface area contributed by atoms with E-state index in [1.807, 2.05) is 18.2 Å². The predicted octanol–water partition coefficient (Wildman–Crippen LogP) is 4.52. The van der Waals surface area contributed by atoms with E-state index in [0.29, 0.717) is 31.6 Å². The van der Waals surface area contributed by atoms with Gasteiger partial charge in [0.15, 0.2) is 0 Å². The molecule has 168 valence electrons. The third-order valence-electron chi connectivity index (χ3n) is 6.26. The number of hydrogen-bond donors (Lipinski definition) is 1. The quantitative estimate of drug-likeness (QED) is 0.551. The molecule has 0 saturated carbocycles. The van der Waals surface area contributed by atoms with Crippen LogP contribution in [-0.2, 0) is 11.2 Å². The Bertz CT molecular complexity index is 1100. The smallest absolute Gasteiger partial charge is 0.255 e. The number of carbonyl (C=O) groups is 2. The lowest BCUT2D eigenvalue weighted by Crippen LogP contribution is -2.54. The third kappa shape index (κ3) is 5.20. The van der Waals surface area contributed by atoms with Crippen molar-refractivity contribution in [2.24, 2.45) is 5.41 Å². The third-order valence-corrected chi connectivity index (χ3v) is 6.26. The summed E-state index contributed by atoms with van der Waals surface area (Å²) in [6.07, 6.45) is 6.99. The lowest BCUT2D eigenvalue weighted by molar-refractivity contribution is -0.133. The molecule has 2 heterocycles. The topological polar surface area (TPSA) is 62.3 Å². The average molecular weight is 440 g/mol. The van der Waals surface area contributed by atoms with Gasteiger partial charge in [-0.1, -0.05) is 60.7 Å². The Balaban J connectivity index is 1.58. The van der Waals surface area contributed by atoms with Crippen LogP contribution < -0.4 is 5.32 Å². The molecule has 1 aliphatic rings. The van der Waals surface area contributed by atoms with Crippen molar-refractivity contribution >= 4 is 11.8 Å². The maximum Gasteiger partial charge on any atom is 0.255 e. The van der Waals surface area contributed by atoms with Gasteiger partial charge in [0.2, 0.25) is 5.91 Å². The summed E-state index contributed by atoms with van der Waals surface area (Å²) in [6, 6.07) is 22.1. The number of benzene rings is 2. The lowest BCUT2D eigenvalue weighted by atomic mass is 9.74. The molecular formula is C28H29N3O2. The van der Waals surface area contributed by atoms with Crippen molar-refractivity contribution in [3.63, 3.8) is 0 Å². The van der Waals surface area contributed by atoms with Crippen molar-refractivity contribution in [3.8, 4) is 11.1 Å². The van der Waals surface area contributed by atoms with Gasteiger partial charge in [0.25, 0.3) is 5.91 Å². The highest BCUT2D eigenvalue weighted by Crippen LogP contribution is 2.35. The molecule has 0 aliphatic carbocycles. The van der Waals surface area contributed by atoms with Gasteiger partial charge in [-0.3, -0.25) is 14.6 Å². The van der Waals surface area contributed by atoms with E-state index in [1.54, 1.807) is 35.5 Å². The van der Waals surface area contributed by atoms with Crippen LogP contribution in [0.3, 0.4) is 0 Å². The molecule has 1 saturated heterocycles. The Morgan fingerprint density at radius 2 is 1.79 bits per heavy atom. The van der Waals surface area contributed by atoms with E-state index in [2.05, 4.69) is 53.3 Å². The van der Waals surface area contributed by atoms with Crippen LogP contribution in [0.1, 0.15) is 28.8 Å². The highest BCUT2D eigenvalue weighted by molar-refractivity contribution is 5.94. The highest BCUT2D eigenvalue weighted by Gasteiger charge is 2.43. The van der Waals surface area contributed by atoms with Crippen molar-refractivity contribution in [1.29, 1.82) is 0 Å². The number of carbonyl (C=O) groups excluding carboxylic acids is 2. The first-order valence-electron chi connectivity index (χ1n) is 11.3. The molecule has 1 fully saturated rings. The van der Waals surface area contributed by atoms with Crippen molar-refractivity contribution in [3.05, 3.63) is 103 Å². The van der Waals surface area contributed by atoms with E-state index in [0.717, 1.165) is 29.5 Å². The molecule has 1 atom stereocenters. The standard InChI is InChI=1S/C28H29N3O2/c1-2-16-30-27(33)28(15-7-18-31(21-28)26(32)25-10-6-17-29-20-25)19-22-11-13-24(14-12-22)23-8-4-3-5-9-23/h2-6,8-14,17,20H,1,7,15-16,18-19,21H2,(H,30,33)/t28-/m1/s1. The summed E-state index contributed by atoms with van der Waals surface area (Å²) < 4.78 is 0. The SMILES string of the molecule is C=CCNC(=O)[C@@]1(Cc2ccc(-c3ccccc3)cc2)CCCN(C(=O)c2cccnc2)C1. The average Bonchev–Trinajstić information content (AvgIpc) is 2.88. The van der Waals surface area contributed by atoms with Crippen LogP contribution >= 0.6 is 0 Å². The molecule has 0 radical (unpaired) electrons. The second-order valence-electron chi connectivity index (χ2n) is 8.59. The van der Waals surface area contributed by atoms with Crippen molar-refractivity contribution < 1.29 is 9.59 Å². The van der Waals surface area contributed by atoms with Gasteiger partial charge >= 0.3 is 0 Å². The van der Waals surface area contributed by atoms with Gasteiger partial charge in [0.1, 0.15) is 0 Å². The first-order valence-corrected chi connectivity index (χ1v) is 11.3. The maximum atomic E-state index is 13.4. The van der Waals surface area contributed by atoms with E-state index < -0.39 is 5.41 Å². The number of rotatable bonds is 7. The molecule has 4 rings (SSSR count). The zero-order valence-corrected chi connectivity index (χ0v) is 18.7.